The predicted octanol–water partition coefficient (Wildman–Crippen LogP) is 4.15. The van der Waals surface area contributed by atoms with Crippen molar-refractivity contribution in [3.63, 3.8) is 0 Å². The molecule has 0 saturated heterocycles. The van der Waals surface area contributed by atoms with Gasteiger partial charge in [-0.3, -0.25) is 18.7 Å². The maximum Gasteiger partial charge on any atom is 0.332 e. The highest BCUT2D eigenvalue weighted by Gasteiger charge is 2.14. The van der Waals surface area contributed by atoms with E-state index in [1.807, 2.05) is 24.3 Å². The Labute approximate surface area is 216 Å². The third-order valence-corrected chi connectivity index (χ3v) is 6.49. The Kier molecular flexibility index (Phi) is 8.36. The van der Waals surface area contributed by atoms with Crippen LogP contribution in [0.15, 0.2) is 82.4 Å². The summed E-state index contributed by atoms with van der Waals surface area (Å²) in [6, 6.07) is 22.4. The first-order valence-corrected chi connectivity index (χ1v) is 12.6. The quantitative estimate of drug-likeness (QED) is 0.333. The zero-order valence-corrected chi connectivity index (χ0v) is 21.6. The van der Waals surface area contributed by atoms with Crippen LogP contribution in [0.5, 0.6) is 0 Å². The molecule has 0 bridgehead atoms. The molecule has 0 atom stereocenters. The van der Waals surface area contributed by atoms with Gasteiger partial charge in [0.15, 0.2) is 0 Å². The maximum absolute atomic E-state index is 13.6. The van der Waals surface area contributed by atoms with Crippen molar-refractivity contribution in [2.75, 3.05) is 20.3 Å². The number of hydrogen-bond donors (Lipinski definition) is 1. The molecule has 0 unspecified atom stereocenters. The molecule has 0 aliphatic heterocycles. The SMILES string of the molecule is COCCCNC(=O)c1ccc(Cn2c(=O)c3ccccc3n(Cc3ccc(C(C)C)cc3)c2=O)cc1. The first kappa shape index (κ1) is 26.1. The van der Waals surface area contributed by atoms with E-state index in [1.54, 1.807) is 48.1 Å². The lowest BCUT2D eigenvalue weighted by atomic mass is 10.0. The Morgan fingerprint density at radius 1 is 0.865 bits per heavy atom. The molecule has 4 aromatic rings. The average Bonchev–Trinajstić information content (AvgIpc) is 2.92. The second kappa shape index (κ2) is 11.8. The summed E-state index contributed by atoms with van der Waals surface area (Å²) in [7, 11) is 1.63. The molecule has 7 heteroatoms. The summed E-state index contributed by atoms with van der Waals surface area (Å²) in [4.78, 5) is 39.2. The van der Waals surface area contributed by atoms with E-state index in [-0.39, 0.29) is 23.7 Å². The molecule has 0 radical (unpaired) electrons. The van der Waals surface area contributed by atoms with Crippen molar-refractivity contribution in [1.29, 1.82) is 0 Å². The lowest BCUT2D eigenvalue weighted by Crippen LogP contribution is -2.40. The summed E-state index contributed by atoms with van der Waals surface area (Å²) in [5.74, 6) is 0.254. The Balaban J connectivity index is 1.62. The molecule has 0 aliphatic carbocycles. The van der Waals surface area contributed by atoms with E-state index in [0.717, 1.165) is 17.5 Å². The minimum absolute atomic E-state index is 0.116. The Morgan fingerprint density at radius 3 is 2.14 bits per heavy atom. The summed E-state index contributed by atoms with van der Waals surface area (Å²) < 4.78 is 7.92. The number of nitrogens with zero attached hydrogens (tertiary/aromatic N) is 2. The van der Waals surface area contributed by atoms with E-state index in [1.165, 1.54) is 10.1 Å². The van der Waals surface area contributed by atoms with Gasteiger partial charge in [-0.25, -0.2) is 4.79 Å². The van der Waals surface area contributed by atoms with E-state index in [0.29, 0.717) is 42.1 Å². The number of para-hydroxylation sites is 1. The largest absolute Gasteiger partial charge is 0.385 e. The second-order valence-corrected chi connectivity index (χ2v) is 9.47. The van der Waals surface area contributed by atoms with Gasteiger partial charge in [0.25, 0.3) is 11.5 Å². The number of benzene rings is 3. The van der Waals surface area contributed by atoms with E-state index in [4.69, 9.17) is 4.74 Å². The van der Waals surface area contributed by atoms with Crippen LogP contribution in [-0.2, 0) is 17.8 Å². The minimum Gasteiger partial charge on any atom is -0.385 e. The molecule has 0 saturated carbocycles. The smallest absolute Gasteiger partial charge is 0.332 e. The first-order chi connectivity index (χ1) is 17.9. The molecular weight excluding hydrogens is 466 g/mol. The van der Waals surface area contributed by atoms with Crippen molar-refractivity contribution >= 4 is 16.8 Å². The Morgan fingerprint density at radius 2 is 1.49 bits per heavy atom. The van der Waals surface area contributed by atoms with E-state index < -0.39 is 0 Å². The number of amides is 1. The summed E-state index contributed by atoms with van der Waals surface area (Å²) in [6.45, 7) is 5.88. The Bertz CT molecular complexity index is 1480. The summed E-state index contributed by atoms with van der Waals surface area (Å²) in [6.07, 6.45) is 0.735. The highest BCUT2D eigenvalue weighted by molar-refractivity contribution is 5.94. The van der Waals surface area contributed by atoms with Gasteiger partial charge in [0, 0.05) is 25.8 Å². The fourth-order valence-electron chi connectivity index (χ4n) is 4.32. The van der Waals surface area contributed by atoms with Crippen molar-refractivity contribution in [3.8, 4) is 0 Å². The topological polar surface area (TPSA) is 82.3 Å². The third kappa shape index (κ3) is 6.06. The molecule has 0 fully saturated rings. The van der Waals surface area contributed by atoms with Gasteiger partial charge in [-0.2, -0.15) is 0 Å². The zero-order chi connectivity index (χ0) is 26.4. The van der Waals surface area contributed by atoms with Crippen molar-refractivity contribution in [2.45, 2.75) is 39.3 Å². The summed E-state index contributed by atoms with van der Waals surface area (Å²) in [5, 5.41) is 3.35. The molecule has 1 aromatic heterocycles. The summed E-state index contributed by atoms with van der Waals surface area (Å²) in [5.41, 5.74) is 3.43. The molecule has 1 heterocycles. The highest BCUT2D eigenvalue weighted by Crippen LogP contribution is 2.16. The fourth-order valence-corrected chi connectivity index (χ4v) is 4.32. The van der Waals surface area contributed by atoms with Gasteiger partial charge in [-0.15, -0.1) is 0 Å². The number of fused-ring (bicyclic) bond motifs is 1. The fraction of sp³-hybridized carbons (Fsp3) is 0.300. The highest BCUT2D eigenvalue weighted by atomic mass is 16.5. The molecule has 1 N–H and O–H groups in total. The third-order valence-electron chi connectivity index (χ3n) is 6.49. The predicted molar refractivity (Wildman–Crippen MR) is 146 cm³/mol. The van der Waals surface area contributed by atoms with Gasteiger partial charge < -0.3 is 10.1 Å². The van der Waals surface area contributed by atoms with E-state index >= 15 is 0 Å². The number of carbonyl (C=O) groups is 1. The van der Waals surface area contributed by atoms with Crippen LogP contribution in [0, 0.1) is 0 Å². The molecule has 37 heavy (non-hydrogen) atoms. The number of carbonyl (C=O) groups excluding carboxylic acids is 1. The van der Waals surface area contributed by atoms with Crippen LogP contribution < -0.4 is 16.6 Å². The van der Waals surface area contributed by atoms with Crippen molar-refractivity contribution < 1.29 is 9.53 Å². The summed E-state index contributed by atoms with van der Waals surface area (Å²) >= 11 is 0. The minimum atomic E-state index is -0.364. The number of aromatic nitrogens is 2. The molecule has 1 amide bonds. The number of methoxy groups -OCH3 is 1. The number of ether oxygens (including phenoxy) is 1. The first-order valence-electron chi connectivity index (χ1n) is 12.6. The van der Waals surface area contributed by atoms with Gasteiger partial charge in [0.1, 0.15) is 0 Å². The van der Waals surface area contributed by atoms with Crippen LogP contribution in [0.2, 0.25) is 0 Å². The number of nitrogens with one attached hydrogen (secondary N) is 1. The van der Waals surface area contributed by atoms with Crippen molar-refractivity contribution in [2.24, 2.45) is 0 Å². The zero-order valence-electron chi connectivity index (χ0n) is 21.6. The second-order valence-electron chi connectivity index (χ2n) is 9.47. The lowest BCUT2D eigenvalue weighted by Gasteiger charge is -2.15. The van der Waals surface area contributed by atoms with Gasteiger partial charge in [-0.05, 0) is 53.3 Å². The van der Waals surface area contributed by atoms with Crippen LogP contribution in [0.3, 0.4) is 0 Å². The average molecular weight is 500 g/mol. The van der Waals surface area contributed by atoms with E-state index in [2.05, 4.69) is 31.3 Å². The molecule has 0 aliphatic rings. The van der Waals surface area contributed by atoms with Crippen molar-refractivity contribution in [3.05, 3.63) is 116 Å². The molecule has 0 spiro atoms. The lowest BCUT2D eigenvalue weighted by molar-refractivity contribution is 0.0948. The molecular formula is C30H33N3O4. The normalized spacial score (nSPS) is 11.2. The van der Waals surface area contributed by atoms with Crippen LogP contribution in [0.1, 0.15) is 53.2 Å². The molecule has 192 valence electrons. The molecule has 7 nitrogen and oxygen atoms in total. The van der Waals surface area contributed by atoms with Gasteiger partial charge >= 0.3 is 5.69 Å². The molecule has 4 rings (SSSR count). The van der Waals surface area contributed by atoms with E-state index in [9.17, 15) is 14.4 Å². The van der Waals surface area contributed by atoms with Gasteiger partial charge in [-0.1, -0.05) is 62.4 Å². The number of rotatable bonds is 10. The Hall–Kier alpha value is -3.97. The van der Waals surface area contributed by atoms with Crippen LogP contribution in [0.25, 0.3) is 10.9 Å². The van der Waals surface area contributed by atoms with Gasteiger partial charge in [0.2, 0.25) is 0 Å². The number of hydrogen-bond acceptors (Lipinski definition) is 4. The van der Waals surface area contributed by atoms with Gasteiger partial charge in [0.05, 0.1) is 24.0 Å². The van der Waals surface area contributed by atoms with Crippen LogP contribution in [0.4, 0.5) is 0 Å². The van der Waals surface area contributed by atoms with Crippen LogP contribution >= 0.6 is 0 Å². The van der Waals surface area contributed by atoms with Crippen LogP contribution in [-0.4, -0.2) is 35.3 Å². The monoisotopic (exact) mass is 499 g/mol. The standard InChI is InChI=1S/C30H33N3O4/c1-21(2)24-13-9-22(10-14-24)19-32-27-8-5-4-7-26(27)29(35)33(30(32)36)20-23-11-15-25(16-12-23)28(34)31-17-6-18-37-3/h4-5,7-16,21H,6,17-20H2,1-3H3,(H,31,34). The van der Waals surface area contributed by atoms with Crippen molar-refractivity contribution in [1.82, 2.24) is 14.5 Å². The maximum atomic E-state index is 13.6. The molecule has 3 aromatic carbocycles.